The van der Waals surface area contributed by atoms with Gasteiger partial charge in [0.25, 0.3) is 0 Å². The Hall–Kier alpha value is -4.34. The number of amides is 1. The fourth-order valence-electron chi connectivity index (χ4n) is 6.13. The summed E-state index contributed by atoms with van der Waals surface area (Å²) >= 11 is 0. The lowest BCUT2D eigenvalue weighted by atomic mass is 9.91. The van der Waals surface area contributed by atoms with Crippen LogP contribution in [0.1, 0.15) is 42.7 Å². The van der Waals surface area contributed by atoms with Gasteiger partial charge >= 0.3 is 0 Å². The summed E-state index contributed by atoms with van der Waals surface area (Å²) in [6, 6.07) is 12.0. The second kappa shape index (κ2) is 8.61. The highest BCUT2D eigenvalue weighted by Crippen LogP contribution is 2.65. The third-order valence-corrected chi connectivity index (χ3v) is 8.19. The molecule has 2 aliphatic heterocycles. The van der Waals surface area contributed by atoms with Crippen LogP contribution in [0.25, 0.3) is 10.9 Å². The van der Waals surface area contributed by atoms with Gasteiger partial charge in [-0.15, -0.1) is 0 Å². The molecule has 194 valence electrons. The molecule has 1 saturated carbocycles. The normalized spacial score (nSPS) is 21.9. The van der Waals surface area contributed by atoms with E-state index in [0.717, 1.165) is 71.6 Å². The number of aromatic nitrogens is 4. The number of nitrogens with one attached hydrogen (secondary N) is 3. The monoisotopic (exact) mass is 511 g/mol. The Balaban J connectivity index is 1.18. The number of benzene rings is 2. The van der Waals surface area contributed by atoms with Crippen molar-refractivity contribution in [2.45, 2.75) is 37.0 Å². The number of methoxy groups -OCH3 is 2. The van der Waals surface area contributed by atoms with Crippen molar-refractivity contribution in [3.05, 3.63) is 53.9 Å². The molecular weight excluding hydrogens is 482 g/mol. The molecule has 2 aromatic carbocycles. The zero-order chi connectivity index (χ0) is 25.9. The highest BCUT2D eigenvalue weighted by molar-refractivity contribution is 6.10. The number of rotatable bonds is 6. The van der Waals surface area contributed by atoms with Gasteiger partial charge in [0.15, 0.2) is 17.5 Å². The fourth-order valence-corrected chi connectivity index (χ4v) is 6.13. The molecule has 2 unspecified atom stereocenters. The Morgan fingerprint density at radius 2 is 1.89 bits per heavy atom. The molecule has 10 heteroatoms. The number of H-pyrrole nitrogens is 1. The SMILES string of the molecule is COc1ccc2c(c1)C1(CC1c1ccc3c(Nc4ncnc(N5CCCCC5)c4OC)n[nH]c3c1)C(=O)N2. The number of carbonyl (C=O) groups excluding carboxylic acids is 1. The summed E-state index contributed by atoms with van der Waals surface area (Å²) in [5, 5.41) is 15.0. The molecule has 0 bridgehead atoms. The Bertz CT molecular complexity index is 1560. The van der Waals surface area contributed by atoms with E-state index in [1.807, 2.05) is 24.3 Å². The molecule has 1 aliphatic carbocycles. The van der Waals surface area contributed by atoms with Gasteiger partial charge in [0.1, 0.15) is 12.1 Å². The first-order chi connectivity index (χ1) is 18.6. The van der Waals surface area contributed by atoms with Gasteiger partial charge in [-0.1, -0.05) is 6.07 Å². The third kappa shape index (κ3) is 3.39. The second-order valence-electron chi connectivity index (χ2n) is 10.2. The smallest absolute Gasteiger partial charge is 0.235 e. The lowest BCUT2D eigenvalue weighted by Gasteiger charge is -2.29. The molecule has 1 saturated heterocycles. The van der Waals surface area contributed by atoms with Crippen LogP contribution >= 0.6 is 0 Å². The highest BCUT2D eigenvalue weighted by Gasteiger charge is 2.65. The van der Waals surface area contributed by atoms with Crippen LogP contribution in [0.2, 0.25) is 0 Å². The average Bonchev–Trinajstić information content (AvgIpc) is 3.51. The largest absolute Gasteiger partial charge is 0.497 e. The number of ether oxygens (including phenoxy) is 2. The van der Waals surface area contributed by atoms with E-state index < -0.39 is 5.41 Å². The van der Waals surface area contributed by atoms with E-state index in [4.69, 9.17) is 9.47 Å². The topological polar surface area (TPSA) is 117 Å². The summed E-state index contributed by atoms with van der Waals surface area (Å²) < 4.78 is 11.2. The van der Waals surface area contributed by atoms with Gasteiger partial charge in [-0.25, -0.2) is 9.97 Å². The minimum Gasteiger partial charge on any atom is -0.497 e. The number of nitrogens with zero attached hydrogens (tertiary/aromatic N) is 4. The zero-order valence-electron chi connectivity index (χ0n) is 21.4. The van der Waals surface area contributed by atoms with E-state index in [1.165, 1.54) is 6.42 Å². The summed E-state index contributed by atoms with van der Waals surface area (Å²) in [6.45, 7) is 1.91. The Kier molecular flexibility index (Phi) is 5.17. The van der Waals surface area contributed by atoms with Gasteiger partial charge in [-0.3, -0.25) is 9.89 Å². The summed E-state index contributed by atoms with van der Waals surface area (Å²) in [4.78, 5) is 24.3. The van der Waals surface area contributed by atoms with Gasteiger partial charge in [0.2, 0.25) is 11.7 Å². The molecule has 3 N–H and O–H groups in total. The van der Waals surface area contributed by atoms with E-state index in [-0.39, 0.29) is 11.8 Å². The van der Waals surface area contributed by atoms with Gasteiger partial charge in [0.05, 0.1) is 25.2 Å². The van der Waals surface area contributed by atoms with E-state index in [0.29, 0.717) is 17.4 Å². The van der Waals surface area contributed by atoms with Crippen LogP contribution < -0.4 is 25.0 Å². The van der Waals surface area contributed by atoms with Crippen LogP contribution in [-0.2, 0) is 10.2 Å². The molecule has 1 amide bonds. The predicted octanol–water partition coefficient (Wildman–Crippen LogP) is 4.48. The van der Waals surface area contributed by atoms with Crippen molar-refractivity contribution in [2.24, 2.45) is 0 Å². The van der Waals surface area contributed by atoms with Gasteiger partial charge in [-0.2, -0.15) is 5.10 Å². The molecule has 7 rings (SSSR count). The maximum atomic E-state index is 13.1. The molecule has 2 atom stereocenters. The van der Waals surface area contributed by atoms with Gasteiger partial charge < -0.3 is 25.0 Å². The van der Waals surface area contributed by atoms with Crippen molar-refractivity contribution in [1.82, 2.24) is 20.2 Å². The molecule has 2 fully saturated rings. The number of fused-ring (bicyclic) bond motifs is 3. The molecule has 3 aliphatic rings. The maximum absolute atomic E-state index is 13.1. The van der Waals surface area contributed by atoms with Crippen molar-refractivity contribution in [2.75, 3.05) is 42.8 Å². The molecule has 0 radical (unpaired) electrons. The standard InChI is InChI=1S/C28H29N7O3/c1-37-17-7-9-21-19(13-17)28(27(36)31-21)14-20(28)16-6-8-18-22(12-16)33-34-24(18)32-25-23(38-2)26(30-15-29-25)35-10-4-3-5-11-35/h6-9,12-13,15,20H,3-5,10-11,14H2,1-2H3,(H,31,36)(H2,29,30,32,33,34). The van der Waals surface area contributed by atoms with Crippen LogP contribution in [0.5, 0.6) is 11.5 Å². The second-order valence-corrected chi connectivity index (χ2v) is 10.2. The highest BCUT2D eigenvalue weighted by atomic mass is 16.5. The third-order valence-electron chi connectivity index (χ3n) is 8.19. The van der Waals surface area contributed by atoms with Crippen LogP contribution in [0.15, 0.2) is 42.7 Å². The summed E-state index contributed by atoms with van der Waals surface area (Å²) in [6.07, 6.45) is 5.86. The molecule has 4 heterocycles. The zero-order valence-corrected chi connectivity index (χ0v) is 21.4. The summed E-state index contributed by atoms with van der Waals surface area (Å²) in [5.41, 5.74) is 3.33. The molecule has 10 nitrogen and oxygen atoms in total. The average molecular weight is 512 g/mol. The minimum atomic E-state index is -0.544. The van der Waals surface area contributed by atoms with E-state index in [1.54, 1.807) is 20.5 Å². The van der Waals surface area contributed by atoms with Crippen LogP contribution in [0.3, 0.4) is 0 Å². The first kappa shape index (κ1) is 22.8. The fraction of sp³-hybridized carbons (Fsp3) is 0.357. The number of aromatic amines is 1. The Morgan fingerprint density at radius 1 is 1.03 bits per heavy atom. The molecule has 38 heavy (non-hydrogen) atoms. The van der Waals surface area contributed by atoms with Crippen molar-refractivity contribution in [3.63, 3.8) is 0 Å². The van der Waals surface area contributed by atoms with E-state index >= 15 is 0 Å². The van der Waals surface area contributed by atoms with Crippen molar-refractivity contribution < 1.29 is 14.3 Å². The van der Waals surface area contributed by atoms with Gasteiger partial charge in [0, 0.05) is 30.1 Å². The number of hydrogen-bond donors (Lipinski definition) is 3. The lowest BCUT2D eigenvalue weighted by molar-refractivity contribution is -0.118. The van der Waals surface area contributed by atoms with E-state index in [9.17, 15) is 4.79 Å². The van der Waals surface area contributed by atoms with Gasteiger partial charge in [-0.05, 0) is 67.1 Å². The number of piperidine rings is 1. The first-order valence-corrected chi connectivity index (χ1v) is 13.0. The molecular formula is C28H29N7O3. The number of hydrogen-bond acceptors (Lipinski definition) is 8. The Labute approximate surface area is 219 Å². The summed E-state index contributed by atoms with van der Waals surface area (Å²) in [7, 11) is 3.29. The van der Waals surface area contributed by atoms with Crippen molar-refractivity contribution in [3.8, 4) is 11.5 Å². The predicted molar refractivity (Wildman–Crippen MR) is 145 cm³/mol. The quantitative estimate of drug-likeness (QED) is 0.347. The van der Waals surface area contributed by atoms with Crippen LogP contribution in [0, 0.1) is 0 Å². The lowest BCUT2D eigenvalue weighted by Crippen LogP contribution is -2.30. The molecule has 4 aromatic rings. The van der Waals surface area contributed by atoms with Crippen molar-refractivity contribution in [1.29, 1.82) is 0 Å². The maximum Gasteiger partial charge on any atom is 0.235 e. The van der Waals surface area contributed by atoms with Crippen LogP contribution in [-0.4, -0.2) is 53.4 Å². The minimum absolute atomic E-state index is 0.0539. The number of anilines is 4. The molecule has 1 spiro atoms. The number of carbonyl (C=O) groups is 1. The first-order valence-electron chi connectivity index (χ1n) is 13.0. The van der Waals surface area contributed by atoms with Crippen LogP contribution in [0.4, 0.5) is 23.1 Å². The van der Waals surface area contributed by atoms with E-state index in [2.05, 4.69) is 47.8 Å². The summed E-state index contributed by atoms with van der Waals surface area (Å²) in [5.74, 6) is 3.56. The molecule has 2 aromatic heterocycles. The van der Waals surface area contributed by atoms with Crippen molar-refractivity contribution >= 4 is 40.0 Å². The Morgan fingerprint density at radius 3 is 2.71 bits per heavy atom.